The Hall–Kier alpha value is -2.09. The van der Waals surface area contributed by atoms with Crippen molar-refractivity contribution in [1.29, 1.82) is 0 Å². The van der Waals surface area contributed by atoms with Crippen LogP contribution in [0.3, 0.4) is 0 Å². The van der Waals surface area contributed by atoms with Crippen LogP contribution in [0.1, 0.15) is 5.56 Å². The van der Waals surface area contributed by atoms with Crippen LogP contribution < -0.4 is 0 Å². The van der Waals surface area contributed by atoms with Crippen molar-refractivity contribution in [3.63, 3.8) is 0 Å². The van der Waals surface area contributed by atoms with Crippen molar-refractivity contribution < 1.29 is 0 Å². The molecule has 2 heterocycles. The van der Waals surface area contributed by atoms with Gasteiger partial charge in [0.1, 0.15) is 0 Å². The van der Waals surface area contributed by atoms with Crippen molar-refractivity contribution >= 4 is 10.9 Å². The summed E-state index contributed by atoms with van der Waals surface area (Å²) < 4.78 is 0. The van der Waals surface area contributed by atoms with Gasteiger partial charge < -0.3 is 4.98 Å². The molecule has 1 N–H and O–H groups in total. The van der Waals surface area contributed by atoms with Gasteiger partial charge in [-0.15, -0.1) is 0 Å². The van der Waals surface area contributed by atoms with Crippen LogP contribution in [-0.2, 0) is 0 Å². The maximum Gasteiger partial charge on any atom is 0.0465 e. The third-order valence-electron chi connectivity index (χ3n) is 2.77. The summed E-state index contributed by atoms with van der Waals surface area (Å²) in [6.07, 6.45) is 3.62. The van der Waals surface area contributed by atoms with Gasteiger partial charge in [0.15, 0.2) is 0 Å². The lowest BCUT2D eigenvalue weighted by molar-refractivity contribution is 1.32. The lowest BCUT2D eigenvalue weighted by Gasteiger charge is -1.94. The van der Waals surface area contributed by atoms with E-state index < -0.39 is 0 Å². The lowest BCUT2D eigenvalue weighted by Crippen LogP contribution is -1.77. The van der Waals surface area contributed by atoms with E-state index in [-0.39, 0.29) is 0 Å². The highest BCUT2D eigenvalue weighted by molar-refractivity contribution is 5.86. The van der Waals surface area contributed by atoms with Gasteiger partial charge in [-0.05, 0) is 36.8 Å². The molecule has 2 nitrogen and oxygen atoms in total. The molecule has 2 aromatic heterocycles. The minimum Gasteiger partial charge on any atom is -0.355 e. The highest BCUT2D eigenvalue weighted by Crippen LogP contribution is 2.24. The molecule has 0 saturated carbocycles. The van der Waals surface area contributed by atoms with Gasteiger partial charge in [-0.3, -0.25) is 4.98 Å². The number of nitrogens with one attached hydrogen (secondary N) is 1. The number of aromatic nitrogens is 2. The SMILES string of the molecule is Cc1ccc2cc(-c3ccncc3)[nH]c2c1. The Morgan fingerprint density at radius 1 is 1.00 bits per heavy atom. The minimum absolute atomic E-state index is 1.14. The van der Waals surface area contributed by atoms with Gasteiger partial charge in [0.05, 0.1) is 0 Å². The number of benzene rings is 1. The van der Waals surface area contributed by atoms with Crippen molar-refractivity contribution in [2.24, 2.45) is 0 Å². The molecule has 0 atom stereocenters. The molecule has 0 aliphatic carbocycles. The maximum atomic E-state index is 4.03. The molecule has 0 fully saturated rings. The van der Waals surface area contributed by atoms with Crippen LogP contribution in [0.25, 0.3) is 22.2 Å². The molecule has 0 aliphatic heterocycles. The second-order valence-corrected chi connectivity index (χ2v) is 4.01. The fraction of sp³-hybridized carbons (Fsp3) is 0.0714. The van der Waals surface area contributed by atoms with E-state index in [9.17, 15) is 0 Å². The first kappa shape index (κ1) is 9.16. The van der Waals surface area contributed by atoms with Crippen LogP contribution in [0.15, 0.2) is 48.8 Å². The number of aryl methyl sites for hydroxylation is 1. The summed E-state index contributed by atoms with van der Waals surface area (Å²) >= 11 is 0. The Morgan fingerprint density at radius 2 is 1.81 bits per heavy atom. The van der Waals surface area contributed by atoms with Crippen molar-refractivity contribution in [3.8, 4) is 11.3 Å². The lowest BCUT2D eigenvalue weighted by atomic mass is 10.1. The zero-order chi connectivity index (χ0) is 11.0. The number of hydrogen-bond acceptors (Lipinski definition) is 1. The third-order valence-corrected chi connectivity index (χ3v) is 2.77. The van der Waals surface area contributed by atoms with Crippen LogP contribution in [0.4, 0.5) is 0 Å². The predicted molar refractivity (Wildman–Crippen MR) is 66.3 cm³/mol. The number of rotatable bonds is 1. The molecule has 16 heavy (non-hydrogen) atoms. The van der Waals surface area contributed by atoms with Crippen LogP contribution in [-0.4, -0.2) is 9.97 Å². The predicted octanol–water partition coefficient (Wildman–Crippen LogP) is 3.54. The molecule has 2 heteroatoms. The van der Waals surface area contributed by atoms with E-state index in [1.165, 1.54) is 22.0 Å². The normalized spacial score (nSPS) is 10.8. The molecule has 0 aliphatic rings. The van der Waals surface area contributed by atoms with Gasteiger partial charge in [-0.2, -0.15) is 0 Å². The van der Waals surface area contributed by atoms with Crippen LogP contribution in [0.2, 0.25) is 0 Å². The zero-order valence-electron chi connectivity index (χ0n) is 9.07. The average Bonchev–Trinajstić information content (AvgIpc) is 2.73. The highest BCUT2D eigenvalue weighted by Gasteiger charge is 2.02. The molecule has 3 aromatic rings. The number of aromatic amines is 1. The summed E-state index contributed by atoms with van der Waals surface area (Å²) in [5, 5.41) is 1.25. The van der Waals surface area contributed by atoms with Gasteiger partial charge in [-0.25, -0.2) is 0 Å². The smallest absolute Gasteiger partial charge is 0.0465 e. The summed E-state index contributed by atoms with van der Waals surface area (Å²) in [6.45, 7) is 2.10. The molecule has 78 valence electrons. The first-order valence-corrected chi connectivity index (χ1v) is 5.33. The van der Waals surface area contributed by atoms with Crippen molar-refractivity contribution in [1.82, 2.24) is 9.97 Å². The Labute approximate surface area is 94.0 Å². The van der Waals surface area contributed by atoms with E-state index in [1.54, 1.807) is 0 Å². The molecule has 3 rings (SSSR count). The van der Waals surface area contributed by atoms with Crippen molar-refractivity contribution in [2.45, 2.75) is 6.92 Å². The Morgan fingerprint density at radius 3 is 2.62 bits per heavy atom. The van der Waals surface area contributed by atoms with Gasteiger partial charge in [0.2, 0.25) is 0 Å². The maximum absolute atomic E-state index is 4.03. The van der Waals surface area contributed by atoms with Gasteiger partial charge >= 0.3 is 0 Å². The highest BCUT2D eigenvalue weighted by atomic mass is 14.7. The molecular weight excluding hydrogens is 196 g/mol. The van der Waals surface area contributed by atoms with E-state index in [2.05, 4.69) is 41.2 Å². The van der Waals surface area contributed by atoms with E-state index in [1.807, 2.05) is 24.5 Å². The van der Waals surface area contributed by atoms with Crippen LogP contribution in [0, 0.1) is 6.92 Å². The first-order chi connectivity index (χ1) is 7.83. The topological polar surface area (TPSA) is 28.7 Å². The minimum atomic E-state index is 1.14. The Balaban J connectivity index is 2.19. The largest absolute Gasteiger partial charge is 0.355 e. The molecule has 0 amide bonds. The number of pyridine rings is 1. The molecule has 0 bridgehead atoms. The van der Waals surface area contributed by atoms with E-state index in [4.69, 9.17) is 0 Å². The van der Waals surface area contributed by atoms with Gasteiger partial charge in [-0.1, -0.05) is 12.1 Å². The second-order valence-electron chi connectivity index (χ2n) is 4.01. The third kappa shape index (κ3) is 1.48. The van der Waals surface area contributed by atoms with Gasteiger partial charge in [0.25, 0.3) is 0 Å². The van der Waals surface area contributed by atoms with E-state index >= 15 is 0 Å². The number of nitrogens with zero attached hydrogens (tertiary/aromatic N) is 1. The molecule has 1 aromatic carbocycles. The number of fused-ring (bicyclic) bond motifs is 1. The summed E-state index contributed by atoms with van der Waals surface area (Å²) in [7, 11) is 0. The fourth-order valence-electron chi connectivity index (χ4n) is 1.93. The molecular formula is C14H12N2. The van der Waals surface area contributed by atoms with E-state index in [0.717, 1.165) is 5.69 Å². The summed E-state index contributed by atoms with van der Waals surface area (Å²) in [4.78, 5) is 7.45. The quantitative estimate of drug-likeness (QED) is 0.651. The first-order valence-electron chi connectivity index (χ1n) is 5.33. The summed E-state index contributed by atoms with van der Waals surface area (Å²) in [6, 6.07) is 12.6. The molecule has 0 saturated heterocycles. The van der Waals surface area contributed by atoms with Crippen molar-refractivity contribution in [2.75, 3.05) is 0 Å². The summed E-state index contributed by atoms with van der Waals surface area (Å²) in [5.74, 6) is 0. The van der Waals surface area contributed by atoms with Gasteiger partial charge in [0, 0.05) is 34.6 Å². The molecule has 0 spiro atoms. The zero-order valence-corrected chi connectivity index (χ0v) is 9.07. The Kier molecular flexibility index (Phi) is 2.00. The average molecular weight is 208 g/mol. The standard InChI is InChI=1S/C14H12N2/c1-10-2-3-12-9-14(16-13(12)8-10)11-4-6-15-7-5-11/h2-9,16H,1H3. The number of hydrogen-bond donors (Lipinski definition) is 1. The Bertz CT molecular complexity index is 624. The second kappa shape index (κ2) is 3.49. The number of H-pyrrole nitrogens is 1. The molecule has 0 radical (unpaired) electrons. The van der Waals surface area contributed by atoms with Crippen LogP contribution >= 0.6 is 0 Å². The monoisotopic (exact) mass is 208 g/mol. The molecule has 0 unspecified atom stereocenters. The van der Waals surface area contributed by atoms with Crippen molar-refractivity contribution in [3.05, 3.63) is 54.4 Å². The van der Waals surface area contributed by atoms with E-state index in [0.29, 0.717) is 0 Å². The van der Waals surface area contributed by atoms with Crippen LogP contribution in [0.5, 0.6) is 0 Å². The fourth-order valence-corrected chi connectivity index (χ4v) is 1.93. The summed E-state index contributed by atoms with van der Waals surface area (Å²) in [5.41, 5.74) is 4.77.